The summed E-state index contributed by atoms with van der Waals surface area (Å²) in [6.07, 6.45) is 1.26. The fraction of sp³-hybridized carbons (Fsp3) is 0.263. The van der Waals surface area contributed by atoms with E-state index in [9.17, 15) is 14.0 Å². The maximum absolute atomic E-state index is 13.0. The number of nitrogens with one attached hydrogen (secondary N) is 1. The Morgan fingerprint density at radius 2 is 1.91 bits per heavy atom. The molecule has 3 nitrogen and oxygen atoms in total. The van der Waals surface area contributed by atoms with Crippen LogP contribution in [0, 0.1) is 18.7 Å². The molecule has 0 bridgehead atoms. The van der Waals surface area contributed by atoms with Gasteiger partial charge in [0.05, 0.1) is 0 Å². The highest BCUT2D eigenvalue weighted by Crippen LogP contribution is 2.34. The van der Waals surface area contributed by atoms with Crippen molar-refractivity contribution in [3.05, 3.63) is 64.5 Å². The van der Waals surface area contributed by atoms with E-state index in [1.165, 1.54) is 19.1 Å². The van der Waals surface area contributed by atoms with Crippen molar-refractivity contribution >= 4 is 17.4 Å². The van der Waals surface area contributed by atoms with E-state index in [0.717, 1.165) is 27.9 Å². The van der Waals surface area contributed by atoms with Crippen LogP contribution in [0.5, 0.6) is 0 Å². The number of hydrogen-bond acceptors (Lipinski definition) is 2. The molecule has 0 fully saturated rings. The topological polar surface area (TPSA) is 46.2 Å². The molecule has 0 spiro atoms. The number of benzene rings is 2. The van der Waals surface area contributed by atoms with E-state index in [4.69, 9.17) is 0 Å². The molecule has 0 saturated heterocycles. The molecule has 4 heteroatoms. The van der Waals surface area contributed by atoms with E-state index in [0.29, 0.717) is 12.8 Å². The Labute approximate surface area is 134 Å². The average Bonchev–Trinajstić information content (AvgIpc) is 2.82. The van der Waals surface area contributed by atoms with Crippen LogP contribution in [0.25, 0.3) is 0 Å². The zero-order valence-electron chi connectivity index (χ0n) is 13.2. The molecule has 1 amide bonds. The monoisotopic (exact) mass is 311 g/mol. The van der Waals surface area contributed by atoms with Gasteiger partial charge in [-0.25, -0.2) is 4.39 Å². The van der Waals surface area contributed by atoms with E-state index < -0.39 is 0 Å². The molecule has 0 saturated carbocycles. The number of rotatable bonds is 3. The molecule has 1 unspecified atom stereocenters. The lowest BCUT2D eigenvalue weighted by molar-refractivity contribution is -0.114. The number of hydrogen-bond donors (Lipinski definition) is 1. The van der Waals surface area contributed by atoms with Crippen LogP contribution in [0.1, 0.15) is 34.0 Å². The highest BCUT2D eigenvalue weighted by Gasteiger charge is 2.32. The first-order chi connectivity index (χ1) is 11.0. The van der Waals surface area contributed by atoms with Crippen molar-refractivity contribution in [1.82, 2.24) is 0 Å². The molecule has 1 N–H and O–H groups in total. The van der Waals surface area contributed by atoms with E-state index in [1.54, 1.807) is 24.3 Å². The second kappa shape index (κ2) is 5.95. The zero-order chi connectivity index (χ0) is 16.6. The molecule has 1 atom stereocenters. The smallest absolute Gasteiger partial charge is 0.221 e. The van der Waals surface area contributed by atoms with Gasteiger partial charge >= 0.3 is 0 Å². The Morgan fingerprint density at radius 1 is 1.22 bits per heavy atom. The largest absolute Gasteiger partial charge is 0.326 e. The van der Waals surface area contributed by atoms with Gasteiger partial charge in [0.2, 0.25) is 5.91 Å². The lowest BCUT2D eigenvalue weighted by atomic mass is 9.95. The Balaban J connectivity index is 1.85. The van der Waals surface area contributed by atoms with Crippen LogP contribution in [0.3, 0.4) is 0 Å². The fourth-order valence-corrected chi connectivity index (χ4v) is 3.20. The van der Waals surface area contributed by atoms with Crippen molar-refractivity contribution in [3.8, 4) is 0 Å². The molecule has 118 valence electrons. The van der Waals surface area contributed by atoms with Crippen molar-refractivity contribution in [2.45, 2.75) is 26.7 Å². The zero-order valence-corrected chi connectivity index (χ0v) is 13.2. The summed E-state index contributed by atoms with van der Waals surface area (Å²) in [5.74, 6) is -0.394. The maximum atomic E-state index is 13.0. The average molecular weight is 311 g/mol. The molecule has 0 heterocycles. The molecule has 2 aromatic rings. The van der Waals surface area contributed by atoms with Crippen LogP contribution in [-0.4, -0.2) is 11.7 Å². The molecule has 2 aromatic carbocycles. The first-order valence-electron chi connectivity index (χ1n) is 7.64. The number of ketones is 1. The predicted molar refractivity (Wildman–Crippen MR) is 87.1 cm³/mol. The second-order valence-corrected chi connectivity index (χ2v) is 6.04. The maximum Gasteiger partial charge on any atom is 0.221 e. The first-order valence-corrected chi connectivity index (χ1v) is 7.64. The third-order valence-corrected chi connectivity index (χ3v) is 4.39. The van der Waals surface area contributed by atoms with Gasteiger partial charge < -0.3 is 5.32 Å². The number of carbonyl (C=O) groups excluding carboxylic acids is 2. The molecule has 1 aliphatic rings. The minimum Gasteiger partial charge on any atom is -0.326 e. The molecule has 0 aromatic heterocycles. The van der Waals surface area contributed by atoms with Gasteiger partial charge in [-0.2, -0.15) is 0 Å². The quantitative estimate of drug-likeness (QED) is 0.939. The second-order valence-electron chi connectivity index (χ2n) is 6.04. The summed E-state index contributed by atoms with van der Waals surface area (Å²) in [5, 5.41) is 2.80. The van der Waals surface area contributed by atoms with E-state index in [-0.39, 0.29) is 23.4 Å². The molecule has 1 aliphatic carbocycles. The first kappa shape index (κ1) is 15.4. The van der Waals surface area contributed by atoms with E-state index in [1.807, 2.05) is 6.92 Å². The standard InChI is InChI=1S/C19H18FNO2/c1-11-17-10-14(9-13-3-5-15(20)6-4-13)19(23)16(17)7-8-18(11)21-12(2)22/h3-8,14H,9-10H2,1-2H3,(H,21,22). The summed E-state index contributed by atoms with van der Waals surface area (Å²) in [5.41, 5.74) is 4.41. The lowest BCUT2D eigenvalue weighted by Gasteiger charge is -2.10. The minimum absolute atomic E-state index is 0.123. The lowest BCUT2D eigenvalue weighted by Crippen LogP contribution is -2.12. The number of amides is 1. The van der Waals surface area contributed by atoms with Crippen LogP contribution in [-0.2, 0) is 17.6 Å². The van der Waals surface area contributed by atoms with Gasteiger partial charge in [-0.15, -0.1) is 0 Å². The van der Waals surface area contributed by atoms with Crippen molar-refractivity contribution in [3.63, 3.8) is 0 Å². The number of halogens is 1. The Bertz CT molecular complexity index is 781. The minimum atomic E-state index is -0.273. The van der Waals surface area contributed by atoms with Crippen molar-refractivity contribution in [2.24, 2.45) is 5.92 Å². The van der Waals surface area contributed by atoms with Gasteiger partial charge in [0, 0.05) is 24.1 Å². The summed E-state index contributed by atoms with van der Waals surface area (Å²) in [4.78, 5) is 23.8. The summed E-state index contributed by atoms with van der Waals surface area (Å²) >= 11 is 0. The summed E-state index contributed by atoms with van der Waals surface area (Å²) in [7, 11) is 0. The number of anilines is 1. The highest BCUT2D eigenvalue weighted by atomic mass is 19.1. The highest BCUT2D eigenvalue weighted by molar-refractivity contribution is 6.04. The van der Waals surface area contributed by atoms with Crippen molar-refractivity contribution < 1.29 is 14.0 Å². The van der Waals surface area contributed by atoms with Crippen LogP contribution >= 0.6 is 0 Å². The summed E-state index contributed by atoms with van der Waals surface area (Å²) < 4.78 is 13.0. The van der Waals surface area contributed by atoms with Crippen molar-refractivity contribution in [2.75, 3.05) is 5.32 Å². The predicted octanol–water partition coefficient (Wildman–Crippen LogP) is 3.69. The van der Waals surface area contributed by atoms with E-state index >= 15 is 0 Å². The number of fused-ring (bicyclic) bond motifs is 1. The number of carbonyl (C=O) groups is 2. The molecule has 3 rings (SSSR count). The van der Waals surface area contributed by atoms with Gasteiger partial charge in [0.15, 0.2) is 5.78 Å². The van der Waals surface area contributed by atoms with Crippen LogP contribution < -0.4 is 5.32 Å². The Kier molecular flexibility index (Phi) is 3.99. The van der Waals surface area contributed by atoms with Gasteiger partial charge in [0.25, 0.3) is 0 Å². The van der Waals surface area contributed by atoms with E-state index in [2.05, 4.69) is 5.32 Å². The molecular formula is C19H18FNO2. The van der Waals surface area contributed by atoms with Crippen molar-refractivity contribution in [1.29, 1.82) is 0 Å². The normalized spacial score (nSPS) is 16.3. The summed E-state index contributed by atoms with van der Waals surface area (Å²) in [6, 6.07) is 9.86. The Morgan fingerprint density at radius 3 is 2.57 bits per heavy atom. The molecule has 0 aliphatic heterocycles. The summed E-state index contributed by atoms with van der Waals surface area (Å²) in [6.45, 7) is 3.40. The third kappa shape index (κ3) is 3.02. The number of Topliss-reactive ketones (excluding diaryl/α,β-unsaturated/α-hetero) is 1. The fourth-order valence-electron chi connectivity index (χ4n) is 3.20. The SMILES string of the molecule is CC(=O)Nc1ccc2c(c1C)CC(Cc1ccc(F)cc1)C2=O. The molecule has 23 heavy (non-hydrogen) atoms. The van der Waals surface area contributed by atoms with Crippen LogP contribution in [0.4, 0.5) is 10.1 Å². The van der Waals surface area contributed by atoms with Gasteiger partial charge in [-0.3, -0.25) is 9.59 Å². The third-order valence-electron chi connectivity index (χ3n) is 4.39. The Hall–Kier alpha value is -2.49. The molecule has 0 radical (unpaired) electrons. The van der Waals surface area contributed by atoms with Gasteiger partial charge in [-0.05, 0) is 60.7 Å². The van der Waals surface area contributed by atoms with Gasteiger partial charge in [-0.1, -0.05) is 12.1 Å². The van der Waals surface area contributed by atoms with Gasteiger partial charge in [0.1, 0.15) is 5.82 Å². The molecular weight excluding hydrogens is 293 g/mol. The van der Waals surface area contributed by atoms with Crippen LogP contribution in [0.2, 0.25) is 0 Å². The van der Waals surface area contributed by atoms with Crippen LogP contribution in [0.15, 0.2) is 36.4 Å².